The van der Waals surface area contributed by atoms with Crippen molar-refractivity contribution in [1.29, 1.82) is 5.26 Å². The number of ether oxygens (including phenoxy) is 1. The highest BCUT2D eigenvalue weighted by molar-refractivity contribution is 6.08. The molecule has 0 saturated heterocycles. The first kappa shape index (κ1) is 14.1. The number of aromatic amines is 1. The van der Waals surface area contributed by atoms with Gasteiger partial charge in [-0.1, -0.05) is 6.07 Å². The highest BCUT2D eigenvalue weighted by Gasteiger charge is 2.19. The van der Waals surface area contributed by atoms with Crippen LogP contribution < -0.4 is 10.1 Å². The van der Waals surface area contributed by atoms with Crippen LogP contribution in [0.4, 0.5) is 5.69 Å². The number of carboxylic acids is 1. The highest BCUT2D eigenvalue weighted by Crippen LogP contribution is 2.18. The molecule has 21 heavy (non-hydrogen) atoms. The maximum Gasteiger partial charge on any atom is 0.354 e. The van der Waals surface area contributed by atoms with E-state index in [1.807, 2.05) is 6.07 Å². The van der Waals surface area contributed by atoms with E-state index < -0.39 is 11.9 Å². The van der Waals surface area contributed by atoms with Crippen molar-refractivity contribution in [3.8, 4) is 11.8 Å². The van der Waals surface area contributed by atoms with Crippen molar-refractivity contribution in [3.05, 3.63) is 42.0 Å². The van der Waals surface area contributed by atoms with Crippen LogP contribution in [0.25, 0.3) is 0 Å². The molecule has 3 N–H and O–H groups in total. The number of anilines is 1. The van der Waals surface area contributed by atoms with Gasteiger partial charge in [0.1, 0.15) is 11.8 Å². The lowest BCUT2D eigenvalue weighted by molar-refractivity contribution is 0.0686. The molecule has 1 amide bonds. The molecule has 106 valence electrons. The summed E-state index contributed by atoms with van der Waals surface area (Å²) in [6.07, 6.45) is 1.13. The molecule has 0 atom stereocenters. The molecule has 1 aromatic heterocycles. The number of nitrogens with one attached hydrogen (secondary N) is 2. The topological polar surface area (TPSA) is 128 Å². The van der Waals surface area contributed by atoms with E-state index in [0.717, 1.165) is 6.33 Å². The second kappa shape index (κ2) is 6.21. The van der Waals surface area contributed by atoms with Crippen LogP contribution in [0.2, 0.25) is 0 Å². The third-order valence-corrected chi connectivity index (χ3v) is 2.46. The Kier molecular flexibility index (Phi) is 4.16. The lowest BCUT2D eigenvalue weighted by Gasteiger charge is -2.06. The standard InChI is InChI=1S/C13H10N4O4/c14-4-5-21-9-3-1-2-8(6-9)17-12(18)10-11(13(19)20)16-7-15-10/h1-3,6-7H,5H2,(H,15,16)(H,17,18)(H,19,20). The largest absolute Gasteiger partial charge is 0.479 e. The normalized spacial score (nSPS) is 9.67. The number of carbonyl (C=O) groups is 2. The van der Waals surface area contributed by atoms with Crippen molar-refractivity contribution < 1.29 is 19.4 Å². The van der Waals surface area contributed by atoms with Crippen LogP contribution in [0, 0.1) is 11.3 Å². The summed E-state index contributed by atoms with van der Waals surface area (Å²) in [4.78, 5) is 28.9. The summed E-state index contributed by atoms with van der Waals surface area (Å²) in [5, 5.41) is 19.9. The number of hydrogen-bond acceptors (Lipinski definition) is 5. The van der Waals surface area contributed by atoms with E-state index in [1.165, 1.54) is 6.07 Å². The van der Waals surface area contributed by atoms with Crippen LogP contribution in [0.1, 0.15) is 21.0 Å². The van der Waals surface area contributed by atoms with Gasteiger partial charge in [0.05, 0.1) is 6.33 Å². The number of imidazole rings is 1. The van der Waals surface area contributed by atoms with Gasteiger partial charge >= 0.3 is 5.97 Å². The van der Waals surface area contributed by atoms with Crippen molar-refractivity contribution in [2.75, 3.05) is 11.9 Å². The average Bonchev–Trinajstić information content (AvgIpc) is 2.95. The maximum absolute atomic E-state index is 12.0. The van der Waals surface area contributed by atoms with Crippen molar-refractivity contribution in [1.82, 2.24) is 9.97 Å². The fourth-order valence-corrected chi connectivity index (χ4v) is 1.60. The Morgan fingerprint density at radius 2 is 2.29 bits per heavy atom. The van der Waals surface area contributed by atoms with Gasteiger partial charge in [0, 0.05) is 11.8 Å². The fourth-order valence-electron chi connectivity index (χ4n) is 1.60. The lowest BCUT2D eigenvalue weighted by atomic mass is 10.2. The van der Waals surface area contributed by atoms with Crippen LogP contribution in [-0.2, 0) is 0 Å². The Morgan fingerprint density at radius 3 is 3.00 bits per heavy atom. The summed E-state index contributed by atoms with van der Waals surface area (Å²) >= 11 is 0. The number of aromatic carboxylic acids is 1. The van der Waals surface area contributed by atoms with Crippen molar-refractivity contribution in [2.45, 2.75) is 0 Å². The predicted octanol–water partition coefficient (Wildman–Crippen LogP) is 1.26. The molecule has 2 aromatic rings. The van der Waals surface area contributed by atoms with Gasteiger partial charge in [-0.05, 0) is 12.1 Å². The first-order valence-electron chi connectivity index (χ1n) is 5.79. The number of H-pyrrole nitrogens is 1. The molecule has 0 aliphatic carbocycles. The van der Waals surface area contributed by atoms with Crippen molar-refractivity contribution >= 4 is 17.6 Å². The average molecular weight is 286 g/mol. The Morgan fingerprint density at radius 1 is 1.48 bits per heavy atom. The molecular weight excluding hydrogens is 276 g/mol. The third-order valence-electron chi connectivity index (χ3n) is 2.46. The van der Waals surface area contributed by atoms with Gasteiger partial charge in [0.25, 0.3) is 5.91 Å². The number of nitriles is 1. The van der Waals surface area contributed by atoms with Gasteiger partial charge in [0.2, 0.25) is 0 Å². The Hall–Kier alpha value is -3.34. The number of aromatic nitrogens is 2. The Balaban J connectivity index is 2.14. The minimum atomic E-state index is -1.27. The SMILES string of the molecule is N#CCOc1cccc(NC(=O)c2nc[nH]c2C(=O)O)c1. The fraction of sp³-hybridized carbons (Fsp3) is 0.0769. The second-order valence-corrected chi connectivity index (χ2v) is 3.86. The summed E-state index contributed by atoms with van der Waals surface area (Å²) < 4.78 is 5.10. The van der Waals surface area contributed by atoms with Gasteiger partial charge in [0.15, 0.2) is 18.0 Å². The highest BCUT2D eigenvalue weighted by atomic mass is 16.5. The molecule has 0 spiro atoms. The summed E-state index contributed by atoms with van der Waals surface area (Å²) in [5.41, 5.74) is -0.106. The van der Waals surface area contributed by atoms with E-state index >= 15 is 0 Å². The number of amides is 1. The molecule has 8 nitrogen and oxygen atoms in total. The first-order chi connectivity index (χ1) is 10.1. The van der Waals surface area contributed by atoms with Gasteiger partial charge < -0.3 is 20.1 Å². The minimum Gasteiger partial charge on any atom is -0.479 e. The van der Waals surface area contributed by atoms with Gasteiger partial charge in [-0.15, -0.1) is 0 Å². The van der Waals surface area contributed by atoms with E-state index in [0.29, 0.717) is 11.4 Å². The van der Waals surface area contributed by atoms with Crippen LogP contribution in [0.3, 0.4) is 0 Å². The van der Waals surface area contributed by atoms with E-state index in [9.17, 15) is 9.59 Å². The molecule has 0 fully saturated rings. The molecule has 1 heterocycles. The lowest BCUT2D eigenvalue weighted by Crippen LogP contribution is -2.16. The molecule has 0 aliphatic heterocycles. The minimum absolute atomic E-state index is 0.111. The Bertz CT molecular complexity index is 717. The summed E-state index contributed by atoms with van der Waals surface area (Å²) in [5.74, 6) is -1.52. The molecular formula is C13H10N4O4. The van der Waals surface area contributed by atoms with Crippen LogP contribution >= 0.6 is 0 Å². The summed E-state index contributed by atoms with van der Waals surface area (Å²) in [6, 6.07) is 8.21. The number of benzene rings is 1. The molecule has 8 heteroatoms. The molecule has 0 saturated carbocycles. The smallest absolute Gasteiger partial charge is 0.354 e. The van der Waals surface area contributed by atoms with E-state index in [4.69, 9.17) is 15.1 Å². The number of nitrogens with zero attached hydrogens (tertiary/aromatic N) is 2. The molecule has 1 aromatic carbocycles. The van der Waals surface area contributed by atoms with Crippen LogP contribution in [0.15, 0.2) is 30.6 Å². The first-order valence-corrected chi connectivity index (χ1v) is 5.79. The third kappa shape index (κ3) is 3.36. The molecule has 0 unspecified atom stereocenters. The Labute approximate surface area is 119 Å². The van der Waals surface area contributed by atoms with Crippen LogP contribution in [0.5, 0.6) is 5.75 Å². The molecule has 2 rings (SSSR count). The number of hydrogen-bond donors (Lipinski definition) is 3. The van der Waals surface area contributed by atoms with Crippen LogP contribution in [-0.4, -0.2) is 33.6 Å². The quantitative estimate of drug-likeness (QED) is 0.759. The predicted molar refractivity (Wildman–Crippen MR) is 71.1 cm³/mol. The molecule has 0 aliphatic rings. The number of carbonyl (C=O) groups excluding carboxylic acids is 1. The van der Waals surface area contributed by atoms with Gasteiger partial charge in [-0.2, -0.15) is 5.26 Å². The maximum atomic E-state index is 12.0. The van der Waals surface area contributed by atoms with Gasteiger partial charge in [-0.3, -0.25) is 4.79 Å². The van der Waals surface area contributed by atoms with E-state index in [-0.39, 0.29) is 18.0 Å². The van der Waals surface area contributed by atoms with Gasteiger partial charge in [-0.25, -0.2) is 9.78 Å². The zero-order chi connectivity index (χ0) is 15.2. The zero-order valence-electron chi connectivity index (χ0n) is 10.7. The van der Waals surface area contributed by atoms with Crippen molar-refractivity contribution in [3.63, 3.8) is 0 Å². The summed E-state index contributed by atoms with van der Waals surface area (Å²) in [6.45, 7) is -0.111. The van der Waals surface area contributed by atoms with E-state index in [2.05, 4.69) is 15.3 Å². The molecule has 0 bridgehead atoms. The summed E-state index contributed by atoms with van der Waals surface area (Å²) in [7, 11) is 0. The second-order valence-electron chi connectivity index (χ2n) is 3.86. The molecule has 0 radical (unpaired) electrons. The number of rotatable bonds is 5. The van der Waals surface area contributed by atoms with Crippen molar-refractivity contribution in [2.24, 2.45) is 0 Å². The number of carboxylic acid groups (broad SMARTS) is 1. The van der Waals surface area contributed by atoms with E-state index in [1.54, 1.807) is 18.2 Å². The monoisotopic (exact) mass is 286 g/mol. The zero-order valence-corrected chi connectivity index (χ0v) is 10.7.